The molecule has 3 rings (SSSR count). The number of fused-ring (bicyclic) bond motifs is 1. The Morgan fingerprint density at radius 3 is 3.00 bits per heavy atom. The third kappa shape index (κ3) is 3.05. The van der Waals surface area contributed by atoms with Gasteiger partial charge in [-0.15, -0.1) is 0 Å². The molecule has 20 heavy (non-hydrogen) atoms. The Morgan fingerprint density at radius 1 is 1.25 bits per heavy atom. The molecule has 1 aromatic rings. The number of rotatable bonds is 4. The van der Waals surface area contributed by atoms with Gasteiger partial charge in [-0.05, 0) is 37.4 Å². The van der Waals surface area contributed by atoms with Gasteiger partial charge in [-0.3, -0.25) is 0 Å². The Kier molecular flexibility index (Phi) is 4.71. The van der Waals surface area contributed by atoms with E-state index in [0.29, 0.717) is 18.8 Å². The van der Waals surface area contributed by atoms with Crippen molar-refractivity contribution >= 4 is 0 Å². The van der Waals surface area contributed by atoms with Gasteiger partial charge < -0.3 is 14.8 Å². The number of nitrogens with one attached hydrogen (secondary N) is 1. The van der Waals surface area contributed by atoms with Gasteiger partial charge in [0, 0.05) is 6.04 Å². The van der Waals surface area contributed by atoms with Crippen LogP contribution in [-0.4, -0.2) is 32.4 Å². The predicted octanol–water partition coefficient (Wildman–Crippen LogP) is 2.85. The number of hydrogen-bond donors (Lipinski definition) is 1. The third-order valence-electron chi connectivity index (χ3n) is 4.63. The van der Waals surface area contributed by atoms with Crippen LogP contribution in [0.15, 0.2) is 24.3 Å². The largest absolute Gasteiger partial charge is 0.374 e. The average Bonchev–Trinajstić information content (AvgIpc) is 2.53. The van der Waals surface area contributed by atoms with Crippen molar-refractivity contribution in [3.8, 4) is 0 Å². The van der Waals surface area contributed by atoms with Gasteiger partial charge in [0.2, 0.25) is 0 Å². The molecule has 1 N–H and O–H groups in total. The van der Waals surface area contributed by atoms with E-state index in [2.05, 4.69) is 29.6 Å². The van der Waals surface area contributed by atoms with Crippen molar-refractivity contribution in [2.24, 2.45) is 0 Å². The van der Waals surface area contributed by atoms with Crippen molar-refractivity contribution in [3.63, 3.8) is 0 Å². The van der Waals surface area contributed by atoms with Crippen LogP contribution in [0.25, 0.3) is 0 Å². The molecule has 0 bridgehead atoms. The van der Waals surface area contributed by atoms with E-state index in [1.807, 2.05) is 7.05 Å². The van der Waals surface area contributed by atoms with E-state index in [1.165, 1.54) is 36.8 Å². The monoisotopic (exact) mass is 275 g/mol. The Morgan fingerprint density at radius 2 is 2.10 bits per heavy atom. The summed E-state index contributed by atoms with van der Waals surface area (Å²) in [5.74, 6) is 0. The molecule has 0 spiro atoms. The summed E-state index contributed by atoms with van der Waals surface area (Å²) in [4.78, 5) is 0. The van der Waals surface area contributed by atoms with Crippen molar-refractivity contribution in [3.05, 3.63) is 35.4 Å². The van der Waals surface area contributed by atoms with Gasteiger partial charge in [-0.25, -0.2) is 0 Å². The van der Waals surface area contributed by atoms with E-state index in [4.69, 9.17) is 9.47 Å². The minimum Gasteiger partial charge on any atom is -0.374 e. The highest BCUT2D eigenvalue weighted by molar-refractivity contribution is 5.30. The van der Waals surface area contributed by atoms with Gasteiger partial charge in [0.05, 0.1) is 19.3 Å². The first-order valence-corrected chi connectivity index (χ1v) is 7.87. The molecule has 1 fully saturated rings. The highest BCUT2D eigenvalue weighted by Crippen LogP contribution is 2.29. The number of ether oxygens (including phenoxy) is 2. The van der Waals surface area contributed by atoms with Crippen LogP contribution in [0.4, 0.5) is 0 Å². The molecule has 1 aliphatic carbocycles. The van der Waals surface area contributed by atoms with Crippen LogP contribution < -0.4 is 5.32 Å². The fourth-order valence-corrected chi connectivity index (χ4v) is 3.45. The van der Waals surface area contributed by atoms with Gasteiger partial charge in [-0.2, -0.15) is 0 Å². The molecule has 1 aliphatic heterocycles. The summed E-state index contributed by atoms with van der Waals surface area (Å²) in [6.07, 6.45) is 6.46. The fourth-order valence-electron chi connectivity index (χ4n) is 3.45. The van der Waals surface area contributed by atoms with Crippen molar-refractivity contribution in [2.45, 2.75) is 50.4 Å². The second-order valence-corrected chi connectivity index (χ2v) is 5.86. The van der Waals surface area contributed by atoms with Crippen molar-refractivity contribution in [1.82, 2.24) is 5.32 Å². The molecule has 0 amide bonds. The summed E-state index contributed by atoms with van der Waals surface area (Å²) in [5.41, 5.74) is 2.73. The van der Waals surface area contributed by atoms with Crippen LogP contribution in [-0.2, 0) is 15.9 Å². The van der Waals surface area contributed by atoms with Gasteiger partial charge >= 0.3 is 0 Å². The molecule has 0 radical (unpaired) electrons. The third-order valence-corrected chi connectivity index (χ3v) is 4.63. The van der Waals surface area contributed by atoms with E-state index in [0.717, 1.165) is 13.0 Å². The Balaban J connectivity index is 1.61. The number of likely N-dealkylation sites (N-methyl/N-ethyl adjacent to an activating group) is 1. The molecule has 2 aliphatic rings. The minimum absolute atomic E-state index is 0.111. The normalized spacial score (nSPS) is 29.9. The zero-order valence-electron chi connectivity index (χ0n) is 12.3. The molecule has 1 aromatic carbocycles. The highest BCUT2D eigenvalue weighted by Gasteiger charge is 2.27. The van der Waals surface area contributed by atoms with E-state index in [-0.39, 0.29) is 6.10 Å². The molecule has 0 aromatic heterocycles. The summed E-state index contributed by atoms with van der Waals surface area (Å²) in [6.45, 7) is 1.49. The topological polar surface area (TPSA) is 30.5 Å². The maximum Gasteiger partial charge on any atom is 0.106 e. The molecular weight excluding hydrogens is 250 g/mol. The molecule has 1 heterocycles. The highest BCUT2D eigenvalue weighted by atomic mass is 16.5. The second kappa shape index (κ2) is 6.70. The van der Waals surface area contributed by atoms with E-state index >= 15 is 0 Å². The summed E-state index contributed by atoms with van der Waals surface area (Å²) >= 11 is 0. The summed E-state index contributed by atoms with van der Waals surface area (Å²) in [5, 5.41) is 3.40. The summed E-state index contributed by atoms with van der Waals surface area (Å²) < 4.78 is 12.1. The van der Waals surface area contributed by atoms with Crippen molar-refractivity contribution in [2.75, 3.05) is 20.3 Å². The smallest absolute Gasteiger partial charge is 0.106 e. The average molecular weight is 275 g/mol. The van der Waals surface area contributed by atoms with E-state index in [9.17, 15) is 0 Å². The van der Waals surface area contributed by atoms with Gasteiger partial charge in [-0.1, -0.05) is 37.1 Å². The summed E-state index contributed by atoms with van der Waals surface area (Å²) in [7, 11) is 2.04. The van der Waals surface area contributed by atoms with Gasteiger partial charge in [0.25, 0.3) is 0 Å². The lowest BCUT2D eigenvalue weighted by Crippen LogP contribution is -2.42. The van der Waals surface area contributed by atoms with E-state index < -0.39 is 0 Å². The predicted molar refractivity (Wildman–Crippen MR) is 79.9 cm³/mol. The Bertz CT molecular complexity index is 435. The lowest BCUT2D eigenvalue weighted by molar-refractivity contribution is -0.0681. The van der Waals surface area contributed by atoms with Crippen LogP contribution >= 0.6 is 0 Å². The maximum absolute atomic E-state index is 6.20. The second-order valence-electron chi connectivity index (χ2n) is 5.86. The Hall–Kier alpha value is -0.900. The molecule has 1 saturated carbocycles. The molecule has 0 saturated heterocycles. The summed E-state index contributed by atoms with van der Waals surface area (Å²) in [6, 6.07) is 9.10. The number of benzene rings is 1. The first kappa shape index (κ1) is 14.1. The lowest BCUT2D eigenvalue weighted by Gasteiger charge is -2.33. The maximum atomic E-state index is 6.20. The van der Waals surface area contributed by atoms with Crippen LogP contribution in [0.5, 0.6) is 0 Å². The number of hydrogen-bond acceptors (Lipinski definition) is 3. The molecule has 3 nitrogen and oxygen atoms in total. The van der Waals surface area contributed by atoms with Crippen LogP contribution in [0.1, 0.15) is 42.9 Å². The van der Waals surface area contributed by atoms with Gasteiger partial charge in [0.1, 0.15) is 6.10 Å². The Labute approximate surface area is 121 Å². The van der Waals surface area contributed by atoms with Crippen molar-refractivity contribution in [1.29, 1.82) is 0 Å². The first-order chi connectivity index (χ1) is 9.88. The van der Waals surface area contributed by atoms with Crippen molar-refractivity contribution < 1.29 is 9.47 Å². The molecular formula is C17H25NO2. The lowest BCUT2D eigenvalue weighted by atomic mass is 9.92. The van der Waals surface area contributed by atoms with Gasteiger partial charge in [0.15, 0.2) is 0 Å². The minimum atomic E-state index is 0.111. The SMILES string of the molecule is CNC1CCCCC1OCC1OCCc2ccccc21. The van der Waals surface area contributed by atoms with Crippen LogP contribution in [0.3, 0.4) is 0 Å². The standard InChI is InChI=1S/C17H25NO2/c1-18-15-8-4-5-9-16(15)20-12-17-14-7-3-2-6-13(14)10-11-19-17/h2-3,6-7,15-18H,4-5,8-12H2,1H3. The van der Waals surface area contributed by atoms with Crippen LogP contribution in [0, 0.1) is 0 Å². The first-order valence-electron chi connectivity index (χ1n) is 7.87. The molecule has 110 valence electrons. The fraction of sp³-hybridized carbons (Fsp3) is 0.647. The molecule has 3 atom stereocenters. The quantitative estimate of drug-likeness (QED) is 0.916. The zero-order valence-corrected chi connectivity index (χ0v) is 12.3. The van der Waals surface area contributed by atoms with E-state index in [1.54, 1.807) is 0 Å². The van der Waals surface area contributed by atoms with Crippen LogP contribution in [0.2, 0.25) is 0 Å². The zero-order chi connectivity index (χ0) is 13.8. The molecule has 3 unspecified atom stereocenters. The molecule has 3 heteroatoms.